The second kappa shape index (κ2) is 6.96. The number of halogens is 1. The van der Waals surface area contributed by atoms with Gasteiger partial charge in [0.15, 0.2) is 0 Å². The lowest BCUT2D eigenvalue weighted by molar-refractivity contribution is -0.125. The Labute approximate surface area is 143 Å². The van der Waals surface area contributed by atoms with Gasteiger partial charge in [0, 0.05) is 22.1 Å². The molecule has 1 N–H and O–H groups in total. The van der Waals surface area contributed by atoms with E-state index in [2.05, 4.69) is 33.3 Å². The molecule has 1 amide bonds. The van der Waals surface area contributed by atoms with E-state index in [0.717, 1.165) is 33.4 Å². The van der Waals surface area contributed by atoms with Crippen LogP contribution in [0.5, 0.6) is 0 Å². The highest BCUT2D eigenvalue weighted by molar-refractivity contribution is 9.10. The third kappa shape index (κ3) is 3.62. The van der Waals surface area contributed by atoms with Gasteiger partial charge in [-0.05, 0) is 30.2 Å². The van der Waals surface area contributed by atoms with Gasteiger partial charge in [-0.15, -0.1) is 0 Å². The number of anilines is 1. The van der Waals surface area contributed by atoms with E-state index in [4.69, 9.17) is 4.84 Å². The first-order valence-electron chi connectivity index (χ1n) is 7.54. The lowest BCUT2D eigenvalue weighted by Gasteiger charge is -2.12. The van der Waals surface area contributed by atoms with Crippen LogP contribution in [0.4, 0.5) is 5.69 Å². The van der Waals surface area contributed by atoms with E-state index in [1.54, 1.807) is 0 Å². The van der Waals surface area contributed by atoms with Crippen molar-refractivity contribution in [2.45, 2.75) is 25.9 Å². The third-order valence-electron chi connectivity index (χ3n) is 3.78. The molecule has 118 valence electrons. The Bertz CT molecular complexity index is 758. The molecular weight excluding hydrogens is 356 g/mol. The number of nitrogens with zero attached hydrogens (tertiary/aromatic N) is 1. The second-order valence-electron chi connectivity index (χ2n) is 5.35. The molecular formula is C18H17BrN2O2. The van der Waals surface area contributed by atoms with Gasteiger partial charge in [-0.3, -0.25) is 4.79 Å². The molecule has 0 bridgehead atoms. The number of nitrogens with one attached hydrogen (secondary N) is 1. The van der Waals surface area contributed by atoms with Crippen LogP contribution in [-0.4, -0.2) is 17.7 Å². The van der Waals surface area contributed by atoms with Gasteiger partial charge in [-0.2, -0.15) is 0 Å². The third-order valence-corrected chi connectivity index (χ3v) is 4.27. The van der Waals surface area contributed by atoms with Crippen molar-refractivity contribution < 1.29 is 9.63 Å². The van der Waals surface area contributed by atoms with Gasteiger partial charge in [0.25, 0.3) is 5.91 Å². The molecule has 1 atom stereocenters. The largest absolute Gasteiger partial charge is 0.382 e. The molecule has 2 aromatic rings. The maximum absolute atomic E-state index is 12.4. The van der Waals surface area contributed by atoms with Crippen LogP contribution in [0.3, 0.4) is 0 Å². The van der Waals surface area contributed by atoms with Crippen molar-refractivity contribution in [2.75, 3.05) is 5.32 Å². The number of para-hydroxylation sites is 1. The molecule has 1 aliphatic rings. The van der Waals surface area contributed by atoms with Crippen LogP contribution in [0.1, 0.15) is 24.5 Å². The second-order valence-corrected chi connectivity index (χ2v) is 6.26. The first kappa shape index (κ1) is 15.7. The Morgan fingerprint density at radius 2 is 2.13 bits per heavy atom. The Balaban J connectivity index is 1.67. The number of aryl methyl sites for hydroxylation is 1. The molecule has 0 aromatic heterocycles. The fourth-order valence-electron chi connectivity index (χ4n) is 2.52. The first-order valence-corrected chi connectivity index (χ1v) is 8.34. The van der Waals surface area contributed by atoms with Crippen LogP contribution >= 0.6 is 15.9 Å². The molecule has 1 heterocycles. The van der Waals surface area contributed by atoms with Gasteiger partial charge in [-0.25, -0.2) is 0 Å². The molecule has 0 saturated carbocycles. The molecule has 23 heavy (non-hydrogen) atoms. The summed E-state index contributed by atoms with van der Waals surface area (Å²) in [6.07, 6.45) is 0.743. The van der Waals surface area contributed by atoms with Crippen molar-refractivity contribution in [2.24, 2.45) is 5.16 Å². The molecule has 0 radical (unpaired) electrons. The molecule has 0 aliphatic carbocycles. The number of oxime groups is 1. The SMILES string of the molecule is CCc1ccccc1NC(=O)[C@H]1CC(c2cccc(Br)c2)=NO1. The quantitative estimate of drug-likeness (QED) is 0.876. The minimum absolute atomic E-state index is 0.167. The van der Waals surface area contributed by atoms with Gasteiger partial charge in [0.05, 0.1) is 5.71 Å². The minimum Gasteiger partial charge on any atom is -0.382 e. The summed E-state index contributed by atoms with van der Waals surface area (Å²) in [5, 5.41) is 7.01. The smallest absolute Gasteiger partial charge is 0.268 e. The number of carbonyl (C=O) groups excluding carboxylic acids is 1. The van der Waals surface area contributed by atoms with Crippen LogP contribution in [-0.2, 0) is 16.1 Å². The molecule has 1 aliphatic heterocycles. The van der Waals surface area contributed by atoms with Crippen LogP contribution in [0.2, 0.25) is 0 Å². The average Bonchev–Trinajstić information content (AvgIpc) is 3.05. The standard InChI is InChI=1S/C18H17BrN2O2/c1-2-12-6-3-4-9-15(12)20-18(22)17-11-16(21-23-17)13-7-5-8-14(19)10-13/h3-10,17H,2,11H2,1H3,(H,20,22)/t17-/m1/s1. The van der Waals surface area contributed by atoms with Crippen molar-refractivity contribution >= 4 is 33.2 Å². The first-order chi connectivity index (χ1) is 11.2. The number of amides is 1. The number of carbonyl (C=O) groups is 1. The average molecular weight is 373 g/mol. The number of rotatable bonds is 4. The highest BCUT2D eigenvalue weighted by Gasteiger charge is 2.29. The zero-order valence-corrected chi connectivity index (χ0v) is 14.3. The fraction of sp³-hybridized carbons (Fsp3) is 0.222. The lowest BCUT2D eigenvalue weighted by atomic mass is 10.0. The maximum atomic E-state index is 12.4. The Hall–Kier alpha value is -2.14. The van der Waals surface area contributed by atoms with Crippen molar-refractivity contribution in [1.82, 2.24) is 0 Å². The van der Waals surface area contributed by atoms with Crippen LogP contribution in [0.25, 0.3) is 0 Å². The highest BCUT2D eigenvalue weighted by atomic mass is 79.9. The summed E-state index contributed by atoms with van der Waals surface area (Å²) in [6.45, 7) is 2.06. The molecule has 0 unspecified atom stereocenters. The van der Waals surface area contributed by atoms with Gasteiger partial charge >= 0.3 is 0 Å². The molecule has 0 saturated heterocycles. The normalized spacial score (nSPS) is 16.6. The lowest BCUT2D eigenvalue weighted by Crippen LogP contribution is -2.28. The number of hydrogen-bond donors (Lipinski definition) is 1. The summed E-state index contributed by atoms with van der Waals surface area (Å²) in [7, 11) is 0. The summed E-state index contributed by atoms with van der Waals surface area (Å²) in [5.74, 6) is -0.167. The fourth-order valence-corrected chi connectivity index (χ4v) is 2.92. The topological polar surface area (TPSA) is 50.7 Å². The summed E-state index contributed by atoms with van der Waals surface area (Å²) < 4.78 is 0.975. The number of hydrogen-bond acceptors (Lipinski definition) is 3. The van der Waals surface area contributed by atoms with Gasteiger partial charge in [-0.1, -0.05) is 58.3 Å². The van der Waals surface area contributed by atoms with E-state index >= 15 is 0 Å². The van der Waals surface area contributed by atoms with E-state index in [1.807, 2.05) is 48.5 Å². The van der Waals surface area contributed by atoms with E-state index < -0.39 is 6.10 Å². The van der Waals surface area contributed by atoms with Crippen LogP contribution in [0.15, 0.2) is 58.2 Å². The summed E-state index contributed by atoms with van der Waals surface area (Å²) in [5.41, 5.74) is 3.69. The van der Waals surface area contributed by atoms with Crippen LogP contribution < -0.4 is 5.32 Å². The van der Waals surface area contributed by atoms with E-state index in [0.29, 0.717) is 6.42 Å². The predicted molar refractivity (Wildman–Crippen MR) is 94.6 cm³/mol. The molecule has 2 aromatic carbocycles. The number of benzene rings is 2. The van der Waals surface area contributed by atoms with Crippen molar-refractivity contribution in [3.63, 3.8) is 0 Å². The molecule has 0 fully saturated rings. The molecule has 5 heteroatoms. The monoisotopic (exact) mass is 372 g/mol. The van der Waals surface area contributed by atoms with Crippen molar-refractivity contribution in [3.8, 4) is 0 Å². The minimum atomic E-state index is -0.589. The Morgan fingerprint density at radius 1 is 1.30 bits per heavy atom. The van der Waals surface area contributed by atoms with E-state index in [9.17, 15) is 4.79 Å². The van der Waals surface area contributed by atoms with Gasteiger partial charge in [0.1, 0.15) is 0 Å². The van der Waals surface area contributed by atoms with Gasteiger partial charge in [0.2, 0.25) is 6.10 Å². The summed E-state index contributed by atoms with van der Waals surface area (Å²) >= 11 is 3.44. The van der Waals surface area contributed by atoms with Gasteiger partial charge < -0.3 is 10.2 Å². The molecule has 3 rings (SSSR count). The predicted octanol–water partition coefficient (Wildman–Crippen LogP) is 4.14. The Kier molecular flexibility index (Phi) is 4.76. The molecule has 4 nitrogen and oxygen atoms in total. The molecule has 0 spiro atoms. The van der Waals surface area contributed by atoms with Crippen molar-refractivity contribution in [1.29, 1.82) is 0 Å². The zero-order valence-electron chi connectivity index (χ0n) is 12.8. The summed E-state index contributed by atoms with van der Waals surface area (Å²) in [4.78, 5) is 17.7. The maximum Gasteiger partial charge on any atom is 0.268 e. The van der Waals surface area contributed by atoms with E-state index in [-0.39, 0.29) is 5.91 Å². The highest BCUT2D eigenvalue weighted by Crippen LogP contribution is 2.22. The Morgan fingerprint density at radius 3 is 2.91 bits per heavy atom. The van der Waals surface area contributed by atoms with Crippen molar-refractivity contribution in [3.05, 3.63) is 64.1 Å². The van der Waals surface area contributed by atoms with Crippen LogP contribution in [0, 0.1) is 0 Å². The van der Waals surface area contributed by atoms with E-state index in [1.165, 1.54) is 0 Å². The summed E-state index contributed by atoms with van der Waals surface area (Å²) in [6, 6.07) is 15.6. The zero-order chi connectivity index (χ0) is 16.2.